The monoisotopic (exact) mass is 143 g/mol. The van der Waals surface area contributed by atoms with Gasteiger partial charge in [-0.25, -0.2) is 0 Å². The van der Waals surface area contributed by atoms with Crippen molar-refractivity contribution in [2.45, 2.75) is 32.7 Å². The van der Waals surface area contributed by atoms with Crippen LogP contribution in [0.4, 0.5) is 0 Å². The Morgan fingerprint density at radius 2 is 2.20 bits per heavy atom. The molecule has 0 aromatic heterocycles. The fourth-order valence-corrected chi connectivity index (χ4v) is 1.57. The maximum absolute atomic E-state index is 5.23. The molecule has 60 valence electrons. The number of hydrogen-bond acceptors (Lipinski definition) is 2. The minimum absolute atomic E-state index is 0.620. The molecule has 1 heterocycles. The Kier molecular flexibility index (Phi) is 3.16. The molecule has 0 spiro atoms. The zero-order valence-electron chi connectivity index (χ0n) is 6.89. The molecule has 1 atom stereocenters. The van der Waals surface area contributed by atoms with E-state index in [9.17, 15) is 0 Å². The maximum atomic E-state index is 5.23. The van der Waals surface area contributed by atoms with Crippen LogP contribution in [0.25, 0.3) is 0 Å². The molecule has 10 heavy (non-hydrogen) atoms. The zero-order valence-corrected chi connectivity index (χ0v) is 6.89. The van der Waals surface area contributed by atoms with Gasteiger partial charge in [-0.3, -0.25) is 5.32 Å². The standard InChI is InChI=1S/C8H17NO/c1-3-7(4-2)8-5-10-6-9-8/h7-9H,3-6H2,1-2H3. The summed E-state index contributed by atoms with van der Waals surface area (Å²) in [6, 6.07) is 0.620. The molecular weight excluding hydrogens is 126 g/mol. The molecule has 2 heteroatoms. The van der Waals surface area contributed by atoms with Crippen LogP contribution >= 0.6 is 0 Å². The van der Waals surface area contributed by atoms with E-state index in [1.165, 1.54) is 12.8 Å². The summed E-state index contributed by atoms with van der Waals surface area (Å²) in [5.41, 5.74) is 0. The van der Waals surface area contributed by atoms with Gasteiger partial charge < -0.3 is 4.74 Å². The van der Waals surface area contributed by atoms with Crippen molar-refractivity contribution < 1.29 is 4.74 Å². The van der Waals surface area contributed by atoms with Crippen LogP contribution in [0.15, 0.2) is 0 Å². The van der Waals surface area contributed by atoms with Gasteiger partial charge in [0.05, 0.1) is 13.3 Å². The molecule has 0 radical (unpaired) electrons. The summed E-state index contributed by atoms with van der Waals surface area (Å²) in [6.07, 6.45) is 2.52. The second-order valence-electron chi connectivity index (χ2n) is 2.90. The van der Waals surface area contributed by atoms with E-state index in [1.807, 2.05) is 0 Å². The third-order valence-corrected chi connectivity index (χ3v) is 2.36. The van der Waals surface area contributed by atoms with Crippen molar-refractivity contribution in [1.82, 2.24) is 5.32 Å². The smallest absolute Gasteiger partial charge is 0.0969 e. The molecule has 1 aliphatic heterocycles. The van der Waals surface area contributed by atoms with Crippen molar-refractivity contribution in [2.24, 2.45) is 5.92 Å². The first-order chi connectivity index (χ1) is 4.88. The average Bonchev–Trinajstić information content (AvgIpc) is 2.43. The first-order valence-corrected chi connectivity index (χ1v) is 4.19. The van der Waals surface area contributed by atoms with E-state index >= 15 is 0 Å². The highest BCUT2D eigenvalue weighted by atomic mass is 16.5. The van der Waals surface area contributed by atoms with E-state index in [1.54, 1.807) is 0 Å². The van der Waals surface area contributed by atoms with Gasteiger partial charge in [0.25, 0.3) is 0 Å². The molecule has 0 aromatic carbocycles. The van der Waals surface area contributed by atoms with Crippen molar-refractivity contribution in [3.8, 4) is 0 Å². The number of nitrogens with one attached hydrogen (secondary N) is 1. The predicted molar refractivity (Wildman–Crippen MR) is 41.8 cm³/mol. The Morgan fingerprint density at radius 3 is 2.60 bits per heavy atom. The van der Waals surface area contributed by atoms with E-state index < -0.39 is 0 Å². The second-order valence-corrected chi connectivity index (χ2v) is 2.90. The topological polar surface area (TPSA) is 21.3 Å². The van der Waals surface area contributed by atoms with Gasteiger partial charge in [0.1, 0.15) is 0 Å². The highest BCUT2D eigenvalue weighted by molar-refractivity contribution is 4.76. The third-order valence-electron chi connectivity index (χ3n) is 2.36. The highest BCUT2D eigenvalue weighted by Crippen LogP contribution is 2.15. The van der Waals surface area contributed by atoms with Gasteiger partial charge in [-0.2, -0.15) is 0 Å². The van der Waals surface area contributed by atoms with Gasteiger partial charge in [-0.15, -0.1) is 0 Å². The molecule has 0 aromatic rings. The summed E-state index contributed by atoms with van der Waals surface area (Å²) in [6.45, 7) is 6.15. The molecule has 0 amide bonds. The van der Waals surface area contributed by atoms with Crippen LogP contribution in [0, 0.1) is 5.92 Å². The predicted octanol–water partition coefficient (Wildman–Crippen LogP) is 1.37. The Labute approximate surface area is 63.0 Å². The fourth-order valence-electron chi connectivity index (χ4n) is 1.57. The largest absolute Gasteiger partial charge is 0.365 e. The first-order valence-electron chi connectivity index (χ1n) is 4.19. The molecule has 0 bridgehead atoms. The van der Waals surface area contributed by atoms with Crippen molar-refractivity contribution in [3.05, 3.63) is 0 Å². The lowest BCUT2D eigenvalue weighted by Gasteiger charge is -2.18. The van der Waals surface area contributed by atoms with Crippen molar-refractivity contribution in [3.63, 3.8) is 0 Å². The Morgan fingerprint density at radius 1 is 1.50 bits per heavy atom. The normalized spacial score (nSPS) is 26.1. The molecule has 1 fully saturated rings. The van der Waals surface area contributed by atoms with E-state index in [0.717, 1.165) is 19.3 Å². The van der Waals surface area contributed by atoms with Crippen molar-refractivity contribution >= 4 is 0 Å². The molecule has 1 unspecified atom stereocenters. The molecule has 1 N–H and O–H groups in total. The lowest BCUT2D eigenvalue weighted by Crippen LogP contribution is -2.31. The summed E-state index contributed by atoms with van der Waals surface area (Å²) >= 11 is 0. The van der Waals surface area contributed by atoms with Crippen LogP contribution in [-0.4, -0.2) is 19.4 Å². The van der Waals surface area contributed by atoms with Crippen LogP contribution in [-0.2, 0) is 4.74 Å². The third kappa shape index (κ3) is 1.70. The van der Waals surface area contributed by atoms with Crippen LogP contribution in [0.2, 0.25) is 0 Å². The van der Waals surface area contributed by atoms with Gasteiger partial charge in [0.2, 0.25) is 0 Å². The van der Waals surface area contributed by atoms with Crippen LogP contribution in [0.1, 0.15) is 26.7 Å². The zero-order chi connectivity index (χ0) is 7.40. The Hall–Kier alpha value is -0.0800. The van der Waals surface area contributed by atoms with E-state index in [0.29, 0.717) is 6.04 Å². The minimum atomic E-state index is 0.620. The van der Waals surface area contributed by atoms with Gasteiger partial charge in [0.15, 0.2) is 0 Å². The first kappa shape index (κ1) is 8.02. The summed E-state index contributed by atoms with van der Waals surface area (Å²) in [7, 11) is 0. The molecular formula is C8H17NO. The lowest BCUT2D eigenvalue weighted by molar-refractivity contribution is 0.183. The van der Waals surface area contributed by atoms with Crippen LogP contribution < -0.4 is 5.32 Å². The second kappa shape index (κ2) is 3.94. The van der Waals surface area contributed by atoms with Gasteiger partial charge in [-0.05, 0) is 5.92 Å². The SMILES string of the molecule is CCC(CC)C1COCN1. The molecule has 1 saturated heterocycles. The molecule has 1 aliphatic rings. The molecule has 0 saturated carbocycles. The van der Waals surface area contributed by atoms with Crippen LogP contribution in [0.3, 0.4) is 0 Å². The van der Waals surface area contributed by atoms with Gasteiger partial charge in [-0.1, -0.05) is 26.7 Å². The summed E-state index contributed by atoms with van der Waals surface area (Å²) in [4.78, 5) is 0. The molecule has 2 nitrogen and oxygen atoms in total. The number of rotatable bonds is 3. The fraction of sp³-hybridized carbons (Fsp3) is 1.00. The maximum Gasteiger partial charge on any atom is 0.0969 e. The van der Waals surface area contributed by atoms with E-state index in [4.69, 9.17) is 4.74 Å². The summed E-state index contributed by atoms with van der Waals surface area (Å²) in [5.74, 6) is 0.808. The van der Waals surface area contributed by atoms with Crippen molar-refractivity contribution in [2.75, 3.05) is 13.3 Å². The number of ether oxygens (including phenoxy) is 1. The van der Waals surface area contributed by atoms with Crippen LogP contribution in [0.5, 0.6) is 0 Å². The van der Waals surface area contributed by atoms with Gasteiger partial charge in [0, 0.05) is 6.04 Å². The Bertz CT molecular complexity index is 85.3. The Balaban J connectivity index is 2.29. The average molecular weight is 143 g/mol. The lowest BCUT2D eigenvalue weighted by atomic mass is 9.95. The van der Waals surface area contributed by atoms with E-state index in [2.05, 4.69) is 19.2 Å². The van der Waals surface area contributed by atoms with E-state index in [-0.39, 0.29) is 0 Å². The summed E-state index contributed by atoms with van der Waals surface area (Å²) < 4.78 is 5.23. The van der Waals surface area contributed by atoms with Crippen molar-refractivity contribution in [1.29, 1.82) is 0 Å². The number of hydrogen-bond donors (Lipinski definition) is 1. The summed E-state index contributed by atoms with van der Waals surface area (Å²) in [5, 5.41) is 3.34. The van der Waals surface area contributed by atoms with Gasteiger partial charge >= 0.3 is 0 Å². The molecule has 0 aliphatic carbocycles. The highest BCUT2D eigenvalue weighted by Gasteiger charge is 2.21. The molecule has 1 rings (SSSR count). The minimum Gasteiger partial charge on any atom is -0.365 e. The quantitative estimate of drug-likeness (QED) is 0.644.